The van der Waals surface area contributed by atoms with E-state index >= 15 is 0 Å². The summed E-state index contributed by atoms with van der Waals surface area (Å²) in [6, 6.07) is 3.68. The number of rotatable bonds is 6. The fourth-order valence-electron chi connectivity index (χ4n) is 1.47. The van der Waals surface area contributed by atoms with Gasteiger partial charge in [0.15, 0.2) is 0 Å². The molecule has 5 nitrogen and oxygen atoms in total. The first-order valence-electron chi connectivity index (χ1n) is 5.50. The zero-order valence-electron chi connectivity index (χ0n) is 10.1. The van der Waals surface area contributed by atoms with Crippen molar-refractivity contribution >= 4 is 11.9 Å². The Balaban J connectivity index is 2.34. The molecule has 0 aromatic carbocycles. The predicted molar refractivity (Wildman–Crippen MR) is 61.4 cm³/mol. The van der Waals surface area contributed by atoms with E-state index in [1.165, 1.54) is 0 Å². The number of furan rings is 1. The average Bonchev–Trinajstić information content (AvgIpc) is 2.63. The highest BCUT2D eigenvalue weighted by molar-refractivity contribution is 5.76. The molecule has 0 spiro atoms. The Morgan fingerprint density at radius 2 is 2.06 bits per heavy atom. The number of aliphatic carboxylic acids is 1. The molecule has 94 valence electrons. The lowest BCUT2D eigenvalue weighted by Crippen LogP contribution is -2.25. The van der Waals surface area contributed by atoms with Crippen LogP contribution in [0.5, 0.6) is 0 Å². The van der Waals surface area contributed by atoms with Crippen LogP contribution in [0, 0.1) is 6.92 Å². The Labute approximate surface area is 100 Å². The first-order valence-corrected chi connectivity index (χ1v) is 5.50. The van der Waals surface area contributed by atoms with Crippen LogP contribution in [-0.4, -0.2) is 28.9 Å². The minimum atomic E-state index is -0.873. The van der Waals surface area contributed by atoms with Crippen LogP contribution in [0.2, 0.25) is 0 Å². The van der Waals surface area contributed by atoms with E-state index in [0.717, 1.165) is 11.5 Å². The highest BCUT2D eigenvalue weighted by atomic mass is 16.4. The summed E-state index contributed by atoms with van der Waals surface area (Å²) in [5, 5.41) is 8.46. The zero-order valence-corrected chi connectivity index (χ0v) is 10.1. The number of amides is 1. The lowest BCUT2D eigenvalue weighted by molar-refractivity contribution is -0.137. The number of hydrogen-bond donors (Lipinski definition) is 1. The second-order valence-corrected chi connectivity index (χ2v) is 4.01. The van der Waals surface area contributed by atoms with Gasteiger partial charge in [-0.1, -0.05) is 0 Å². The molecule has 1 aromatic heterocycles. The van der Waals surface area contributed by atoms with Gasteiger partial charge in [0, 0.05) is 19.9 Å². The second-order valence-electron chi connectivity index (χ2n) is 4.01. The van der Waals surface area contributed by atoms with E-state index in [9.17, 15) is 9.59 Å². The Hall–Kier alpha value is -1.78. The van der Waals surface area contributed by atoms with Crippen LogP contribution < -0.4 is 0 Å². The lowest BCUT2D eigenvalue weighted by Gasteiger charge is -2.15. The predicted octanol–water partition coefficient (Wildman–Crippen LogP) is 1.80. The summed E-state index contributed by atoms with van der Waals surface area (Å²) in [4.78, 5) is 23.5. The van der Waals surface area contributed by atoms with Gasteiger partial charge in [-0.3, -0.25) is 9.59 Å². The number of hydrogen-bond acceptors (Lipinski definition) is 3. The maximum Gasteiger partial charge on any atom is 0.303 e. The van der Waals surface area contributed by atoms with Gasteiger partial charge in [-0.2, -0.15) is 0 Å². The van der Waals surface area contributed by atoms with Crippen LogP contribution >= 0.6 is 0 Å². The summed E-state index contributed by atoms with van der Waals surface area (Å²) in [6.07, 6.45) is 0.650. The van der Waals surface area contributed by atoms with Gasteiger partial charge in [0.2, 0.25) is 5.91 Å². The Kier molecular flexibility index (Phi) is 4.75. The third-order valence-electron chi connectivity index (χ3n) is 2.40. The topological polar surface area (TPSA) is 70.8 Å². The van der Waals surface area contributed by atoms with E-state index in [0.29, 0.717) is 13.0 Å². The van der Waals surface area contributed by atoms with Crippen molar-refractivity contribution in [2.24, 2.45) is 0 Å². The Morgan fingerprint density at radius 3 is 2.59 bits per heavy atom. The van der Waals surface area contributed by atoms with Crippen molar-refractivity contribution in [1.82, 2.24) is 4.90 Å². The van der Waals surface area contributed by atoms with Gasteiger partial charge in [-0.05, 0) is 25.5 Å². The van der Waals surface area contributed by atoms with E-state index in [1.54, 1.807) is 11.9 Å². The van der Waals surface area contributed by atoms with Crippen LogP contribution in [0.25, 0.3) is 0 Å². The van der Waals surface area contributed by atoms with E-state index in [-0.39, 0.29) is 18.7 Å². The number of carboxylic acid groups (broad SMARTS) is 1. The molecule has 0 atom stereocenters. The Bertz CT molecular complexity index is 397. The van der Waals surface area contributed by atoms with Crippen molar-refractivity contribution < 1.29 is 19.1 Å². The van der Waals surface area contributed by atoms with Crippen LogP contribution in [0.3, 0.4) is 0 Å². The molecule has 1 amide bonds. The standard InChI is InChI=1S/C12H17NO4/c1-9-6-7-10(17-9)8-13(2)11(14)4-3-5-12(15)16/h6-7H,3-5,8H2,1-2H3,(H,15,16). The quantitative estimate of drug-likeness (QED) is 0.821. The first-order chi connectivity index (χ1) is 7.99. The number of aryl methyl sites for hydroxylation is 1. The molecule has 0 saturated heterocycles. The fraction of sp³-hybridized carbons (Fsp3) is 0.500. The molecule has 0 aliphatic heterocycles. The number of carbonyl (C=O) groups excluding carboxylic acids is 1. The number of nitrogens with zero attached hydrogens (tertiary/aromatic N) is 1. The largest absolute Gasteiger partial charge is 0.481 e. The molecule has 1 aromatic rings. The van der Waals surface area contributed by atoms with Gasteiger partial charge >= 0.3 is 5.97 Å². The highest BCUT2D eigenvalue weighted by Gasteiger charge is 2.11. The van der Waals surface area contributed by atoms with Gasteiger partial charge < -0.3 is 14.4 Å². The van der Waals surface area contributed by atoms with Crippen LogP contribution in [0.1, 0.15) is 30.8 Å². The molecule has 0 bridgehead atoms. The van der Waals surface area contributed by atoms with Gasteiger partial charge in [0.25, 0.3) is 0 Å². The molecule has 1 heterocycles. The van der Waals surface area contributed by atoms with E-state index in [1.807, 2.05) is 19.1 Å². The van der Waals surface area contributed by atoms with Crippen molar-refractivity contribution in [1.29, 1.82) is 0 Å². The average molecular weight is 239 g/mol. The summed E-state index contributed by atoms with van der Waals surface area (Å²) < 4.78 is 5.36. The summed E-state index contributed by atoms with van der Waals surface area (Å²) in [6.45, 7) is 2.26. The van der Waals surface area contributed by atoms with Crippen LogP contribution in [0.15, 0.2) is 16.5 Å². The van der Waals surface area contributed by atoms with Crippen molar-refractivity contribution in [2.75, 3.05) is 7.05 Å². The van der Waals surface area contributed by atoms with Gasteiger partial charge in [0.05, 0.1) is 6.54 Å². The molecule has 0 radical (unpaired) electrons. The summed E-state index contributed by atoms with van der Waals surface area (Å²) in [7, 11) is 1.68. The van der Waals surface area contributed by atoms with E-state index < -0.39 is 5.97 Å². The smallest absolute Gasteiger partial charge is 0.303 e. The molecule has 0 fully saturated rings. The molecule has 1 rings (SSSR count). The molecule has 0 saturated carbocycles. The lowest BCUT2D eigenvalue weighted by atomic mass is 10.2. The first kappa shape index (κ1) is 13.3. The van der Waals surface area contributed by atoms with Crippen LogP contribution in [0.4, 0.5) is 0 Å². The second kappa shape index (κ2) is 6.08. The fourth-order valence-corrected chi connectivity index (χ4v) is 1.47. The van der Waals surface area contributed by atoms with Crippen molar-refractivity contribution in [3.05, 3.63) is 23.7 Å². The molecular formula is C12H17NO4. The Morgan fingerprint density at radius 1 is 1.35 bits per heavy atom. The third-order valence-corrected chi connectivity index (χ3v) is 2.40. The maximum absolute atomic E-state index is 11.6. The molecule has 17 heavy (non-hydrogen) atoms. The van der Waals surface area contributed by atoms with Gasteiger partial charge in [-0.15, -0.1) is 0 Å². The van der Waals surface area contributed by atoms with E-state index in [2.05, 4.69) is 0 Å². The molecule has 0 aliphatic carbocycles. The zero-order chi connectivity index (χ0) is 12.8. The van der Waals surface area contributed by atoms with Crippen molar-refractivity contribution in [2.45, 2.75) is 32.7 Å². The van der Waals surface area contributed by atoms with Crippen molar-refractivity contribution in [3.63, 3.8) is 0 Å². The monoisotopic (exact) mass is 239 g/mol. The van der Waals surface area contributed by atoms with Crippen LogP contribution in [-0.2, 0) is 16.1 Å². The summed E-state index contributed by atoms with van der Waals surface area (Å²) in [5.41, 5.74) is 0. The molecule has 1 N–H and O–H groups in total. The maximum atomic E-state index is 11.6. The molecule has 0 aliphatic rings. The normalized spacial score (nSPS) is 10.2. The number of carboxylic acids is 1. The minimum absolute atomic E-state index is 0.0272. The molecule has 5 heteroatoms. The summed E-state index contributed by atoms with van der Waals surface area (Å²) in [5.74, 6) is 0.603. The molecular weight excluding hydrogens is 222 g/mol. The van der Waals surface area contributed by atoms with Gasteiger partial charge in [0.1, 0.15) is 11.5 Å². The third kappa shape index (κ3) is 4.72. The highest BCUT2D eigenvalue weighted by Crippen LogP contribution is 2.10. The SMILES string of the molecule is Cc1ccc(CN(C)C(=O)CCCC(=O)O)o1. The summed E-state index contributed by atoms with van der Waals surface area (Å²) >= 11 is 0. The molecule has 0 unspecified atom stereocenters. The van der Waals surface area contributed by atoms with E-state index in [4.69, 9.17) is 9.52 Å². The van der Waals surface area contributed by atoms with Crippen molar-refractivity contribution in [3.8, 4) is 0 Å². The number of carbonyl (C=O) groups is 2. The minimum Gasteiger partial charge on any atom is -0.481 e. The van der Waals surface area contributed by atoms with Gasteiger partial charge in [-0.25, -0.2) is 0 Å².